The molecule has 0 heterocycles. The maximum Gasteiger partial charge on any atom is 0.182 e. The van der Waals surface area contributed by atoms with Crippen LogP contribution in [0, 0.1) is 22.7 Å². The summed E-state index contributed by atoms with van der Waals surface area (Å²) in [5.41, 5.74) is -0.0897. The number of rotatable bonds is 0. The maximum atomic E-state index is 8.65. The third-order valence-electron chi connectivity index (χ3n) is 1.91. The molecule has 0 aromatic carbocycles. The van der Waals surface area contributed by atoms with Crippen LogP contribution in [0.25, 0.3) is 0 Å². The van der Waals surface area contributed by atoms with Crippen LogP contribution in [-0.2, 0) is 0 Å². The van der Waals surface area contributed by atoms with Gasteiger partial charge in [0.25, 0.3) is 0 Å². The van der Waals surface area contributed by atoms with Gasteiger partial charge in [0, 0.05) is 11.1 Å². The molecule has 0 bridgehead atoms. The van der Waals surface area contributed by atoms with Gasteiger partial charge in [0.1, 0.15) is 22.2 Å². The SMILES string of the molecule is N#C/C(Cl)=C1\C(=C(/Cl)C#N)C(Cl)(Cl)C1(Cl)Cl. The van der Waals surface area contributed by atoms with Crippen LogP contribution in [0.3, 0.4) is 0 Å². The van der Waals surface area contributed by atoms with Crippen LogP contribution in [0.1, 0.15) is 0 Å². The van der Waals surface area contributed by atoms with Crippen LogP contribution in [0.4, 0.5) is 0 Å². The number of hydrogen-bond acceptors (Lipinski definition) is 2. The fourth-order valence-electron chi connectivity index (χ4n) is 1.17. The molecule has 8 heteroatoms. The molecule has 0 atom stereocenters. The molecule has 0 unspecified atom stereocenters. The second kappa shape index (κ2) is 4.46. The Hall–Kier alpha value is 0.200. The normalized spacial score (nSPS) is 27.2. The van der Waals surface area contributed by atoms with Crippen molar-refractivity contribution in [2.75, 3.05) is 0 Å². The molecule has 0 radical (unpaired) electrons. The second-order valence-electron chi connectivity index (χ2n) is 2.75. The average molecular weight is 337 g/mol. The summed E-state index contributed by atoms with van der Waals surface area (Å²) in [5, 5.41) is 16.7. The van der Waals surface area contributed by atoms with E-state index in [0.29, 0.717) is 0 Å². The van der Waals surface area contributed by atoms with Gasteiger partial charge in [-0.1, -0.05) is 69.6 Å². The third-order valence-corrected chi connectivity index (χ3v) is 4.73. The predicted molar refractivity (Wildman–Crippen MR) is 65.9 cm³/mol. The number of halogens is 6. The summed E-state index contributed by atoms with van der Waals surface area (Å²) in [7, 11) is 0. The topological polar surface area (TPSA) is 47.6 Å². The summed E-state index contributed by atoms with van der Waals surface area (Å²) in [6.45, 7) is 0. The third kappa shape index (κ3) is 1.79. The van der Waals surface area contributed by atoms with Gasteiger partial charge in [-0.15, -0.1) is 0 Å². The van der Waals surface area contributed by atoms with E-state index >= 15 is 0 Å². The van der Waals surface area contributed by atoms with Gasteiger partial charge >= 0.3 is 0 Å². The first-order chi connectivity index (χ1) is 7.21. The minimum atomic E-state index is -1.78. The smallest absolute Gasteiger partial charge is 0.182 e. The minimum Gasteiger partial charge on any atom is -0.191 e. The number of allylic oxidation sites excluding steroid dienone is 4. The Morgan fingerprint density at radius 2 is 1.06 bits per heavy atom. The Kier molecular flexibility index (Phi) is 3.98. The van der Waals surface area contributed by atoms with E-state index < -0.39 is 8.67 Å². The highest BCUT2D eigenvalue weighted by Gasteiger charge is 2.66. The molecule has 1 aliphatic carbocycles. The summed E-state index contributed by atoms with van der Waals surface area (Å²) in [5.74, 6) is 0. The average Bonchev–Trinajstić information content (AvgIpc) is 2.22. The zero-order valence-electron chi connectivity index (χ0n) is 7.16. The Morgan fingerprint density at radius 3 is 1.25 bits per heavy atom. The van der Waals surface area contributed by atoms with E-state index in [1.54, 1.807) is 12.1 Å². The van der Waals surface area contributed by atoms with Crippen molar-refractivity contribution < 1.29 is 0 Å². The Balaban J connectivity index is 3.56. The zero-order valence-corrected chi connectivity index (χ0v) is 11.7. The Labute approximate surface area is 122 Å². The molecule has 0 saturated heterocycles. The molecule has 0 aliphatic heterocycles. The molecule has 1 fully saturated rings. The van der Waals surface area contributed by atoms with Crippen molar-refractivity contribution in [3.8, 4) is 12.1 Å². The molecular formula is C8Cl6N2. The van der Waals surface area contributed by atoms with Gasteiger partial charge in [-0.25, -0.2) is 0 Å². The van der Waals surface area contributed by atoms with Gasteiger partial charge in [-0.2, -0.15) is 10.5 Å². The predicted octanol–water partition coefficient (Wildman–Crippen LogP) is 4.38. The standard InChI is InChI=1S/C8Cl6N2/c9-3(1-15)5-6(4(10)2-16)8(13,14)7(5,11)12/b5-3-,6-4+. The Morgan fingerprint density at radius 1 is 0.812 bits per heavy atom. The van der Waals surface area contributed by atoms with E-state index in [4.69, 9.17) is 80.1 Å². The maximum absolute atomic E-state index is 8.65. The second-order valence-corrected chi connectivity index (χ2v) is 6.16. The molecule has 16 heavy (non-hydrogen) atoms. The van der Waals surface area contributed by atoms with E-state index in [9.17, 15) is 0 Å². The molecule has 2 nitrogen and oxygen atoms in total. The highest BCUT2D eigenvalue weighted by atomic mass is 35.5. The highest BCUT2D eigenvalue weighted by Crippen LogP contribution is 2.66. The Bertz CT molecular complexity index is 442. The van der Waals surface area contributed by atoms with Crippen molar-refractivity contribution in [1.29, 1.82) is 10.5 Å². The summed E-state index contributed by atoms with van der Waals surface area (Å²) in [4.78, 5) is 0. The molecular weight excluding hydrogens is 337 g/mol. The number of nitrogens with zero attached hydrogens (tertiary/aromatic N) is 2. The van der Waals surface area contributed by atoms with Gasteiger partial charge in [0.15, 0.2) is 8.67 Å². The molecule has 0 amide bonds. The van der Waals surface area contributed by atoms with Gasteiger partial charge in [0.2, 0.25) is 0 Å². The largest absolute Gasteiger partial charge is 0.191 e. The first-order valence-electron chi connectivity index (χ1n) is 3.58. The van der Waals surface area contributed by atoms with Crippen LogP contribution in [0.2, 0.25) is 0 Å². The molecule has 1 rings (SSSR count). The highest BCUT2D eigenvalue weighted by molar-refractivity contribution is 6.69. The minimum absolute atomic E-state index is 0.0449. The lowest BCUT2D eigenvalue weighted by Crippen LogP contribution is -2.53. The van der Waals surface area contributed by atoms with Crippen LogP contribution < -0.4 is 0 Å². The molecule has 0 aromatic rings. The summed E-state index contributed by atoms with van der Waals surface area (Å²) in [6, 6.07) is 3.25. The summed E-state index contributed by atoms with van der Waals surface area (Å²) < 4.78 is -3.56. The van der Waals surface area contributed by atoms with E-state index in [2.05, 4.69) is 0 Å². The number of alkyl halides is 4. The van der Waals surface area contributed by atoms with Gasteiger partial charge in [-0.3, -0.25) is 0 Å². The molecule has 0 spiro atoms. The van der Waals surface area contributed by atoms with Crippen molar-refractivity contribution in [2.24, 2.45) is 0 Å². The van der Waals surface area contributed by atoms with E-state index in [-0.39, 0.29) is 21.2 Å². The van der Waals surface area contributed by atoms with Crippen LogP contribution in [-0.4, -0.2) is 8.67 Å². The van der Waals surface area contributed by atoms with Crippen molar-refractivity contribution in [3.63, 3.8) is 0 Å². The van der Waals surface area contributed by atoms with Crippen molar-refractivity contribution in [3.05, 3.63) is 21.2 Å². The van der Waals surface area contributed by atoms with Crippen molar-refractivity contribution in [1.82, 2.24) is 0 Å². The van der Waals surface area contributed by atoms with Gasteiger partial charge < -0.3 is 0 Å². The monoisotopic (exact) mass is 334 g/mol. The fourth-order valence-corrected chi connectivity index (χ4v) is 2.97. The van der Waals surface area contributed by atoms with E-state index in [0.717, 1.165) is 0 Å². The van der Waals surface area contributed by atoms with Crippen LogP contribution >= 0.6 is 69.6 Å². The lowest BCUT2D eigenvalue weighted by atomic mass is 9.82. The van der Waals surface area contributed by atoms with Crippen LogP contribution in [0.5, 0.6) is 0 Å². The van der Waals surface area contributed by atoms with Gasteiger partial charge in [-0.05, 0) is 0 Å². The summed E-state index contributed by atoms with van der Waals surface area (Å²) >= 11 is 34.6. The fraction of sp³-hybridized carbons (Fsp3) is 0.250. The zero-order chi connectivity index (χ0) is 12.7. The van der Waals surface area contributed by atoms with E-state index in [1.165, 1.54) is 0 Å². The van der Waals surface area contributed by atoms with Gasteiger partial charge in [0.05, 0.1) is 0 Å². The quantitative estimate of drug-likeness (QED) is 0.487. The van der Waals surface area contributed by atoms with Crippen LogP contribution in [0.15, 0.2) is 21.2 Å². The molecule has 1 aliphatic rings. The number of hydrogen-bond donors (Lipinski definition) is 0. The number of nitriles is 2. The molecule has 1 saturated carbocycles. The lowest BCUT2D eigenvalue weighted by Gasteiger charge is -2.47. The summed E-state index contributed by atoms with van der Waals surface area (Å²) in [6.07, 6.45) is 0. The molecule has 0 aromatic heterocycles. The molecule has 0 N–H and O–H groups in total. The first kappa shape index (κ1) is 14.3. The molecule has 84 valence electrons. The van der Waals surface area contributed by atoms with Crippen molar-refractivity contribution >= 4 is 69.6 Å². The first-order valence-corrected chi connectivity index (χ1v) is 5.85. The van der Waals surface area contributed by atoms with E-state index in [1.807, 2.05) is 0 Å². The lowest BCUT2D eigenvalue weighted by molar-refractivity contribution is 0.711. The van der Waals surface area contributed by atoms with Crippen molar-refractivity contribution in [2.45, 2.75) is 8.67 Å².